The lowest BCUT2D eigenvalue weighted by atomic mass is 10.1. The minimum absolute atomic E-state index is 0.238. The third-order valence-corrected chi connectivity index (χ3v) is 3.08. The van der Waals surface area contributed by atoms with Crippen molar-refractivity contribution in [1.29, 1.82) is 0 Å². The number of aryl methyl sites for hydroxylation is 1. The van der Waals surface area contributed by atoms with Crippen molar-refractivity contribution in [3.05, 3.63) is 47.7 Å². The lowest BCUT2D eigenvalue weighted by Gasteiger charge is -2.13. The third-order valence-electron chi connectivity index (χ3n) is 3.08. The summed E-state index contributed by atoms with van der Waals surface area (Å²) in [7, 11) is 0. The van der Waals surface area contributed by atoms with E-state index in [1.54, 1.807) is 6.20 Å². The first-order valence-corrected chi connectivity index (χ1v) is 7.06. The van der Waals surface area contributed by atoms with E-state index in [0.29, 0.717) is 6.54 Å². The number of benzene rings is 1. The number of hydrogen-bond donors (Lipinski definition) is 1. The van der Waals surface area contributed by atoms with Gasteiger partial charge in [-0.15, -0.1) is 0 Å². The highest BCUT2D eigenvalue weighted by molar-refractivity contribution is 5.28. The monoisotopic (exact) mass is 274 g/mol. The molecule has 0 saturated heterocycles. The number of aromatic nitrogens is 1. The van der Waals surface area contributed by atoms with Gasteiger partial charge in [0.25, 0.3) is 0 Å². The molecular weight excluding hydrogens is 252 g/mol. The van der Waals surface area contributed by atoms with Crippen LogP contribution in [-0.2, 0) is 6.54 Å². The average Bonchev–Trinajstić information content (AvgIpc) is 2.89. The first kappa shape index (κ1) is 14.6. The summed E-state index contributed by atoms with van der Waals surface area (Å²) in [6, 6.07) is 8.44. The van der Waals surface area contributed by atoms with Crippen molar-refractivity contribution in [2.45, 2.75) is 39.8 Å². The van der Waals surface area contributed by atoms with Crippen molar-refractivity contribution in [3.8, 4) is 5.75 Å². The van der Waals surface area contributed by atoms with Crippen molar-refractivity contribution < 1.29 is 9.15 Å². The maximum Gasteiger partial charge on any atom is 0.208 e. The number of nitrogens with zero attached hydrogens (tertiary/aromatic N) is 1. The van der Waals surface area contributed by atoms with Gasteiger partial charge in [-0.25, -0.2) is 4.98 Å². The Kier molecular flexibility index (Phi) is 5.18. The van der Waals surface area contributed by atoms with Gasteiger partial charge in [0.15, 0.2) is 0 Å². The molecule has 0 aliphatic heterocycles. The molecule has 0 aliphatic rings. The van der Waals surface area contributed by atoms with Crippen molar-refractivity contribution in [3.63, 3.8) is 0 Å². The number of ether oxygens (including phenoxy) is 1. The molecule has 0 radical (unpaired) electrons. The van der Waals surface area contributed by atoms with Crippen LogP contribution in [0.3, 0.4) is 0 Å². The van der Waals surface area contributed by atoms with Gasteiger partial charge in [0, 0.05) is 6.04 Å². The van der Waals surface area contributed by atoms with Crippen LogP contribution < -0.4 is 10.1 Å². The molecule has 0 amide bonds. The second-order valence-corrected chi connectivity index (χ2v) is 4.88. The SMILES string of the molecule is CCCOc1ccc(C(C)NCc2ncc(C)o2)cc1. The Labute approximate surface area is 120 Å². The Morgan fingerprint density at radius 1 is 1.30 bits per heavy atom. The van der Waals surface area contributed by atoms with Crippen LogP contribution in [0, 0.1) is 6.92 Å². The highest BCUT2D eigenvalue weighted by Crippen LogP contribution is 2.18. The highest BCUT2D eigenvalue weighted by atomic mass is 16.5. The Bertz CT molecular complexity index is 520. The summed E-state index contributed by atoms with van der Waals surface area (Å²) in [4.78, 5) is 4.18. The van der Waals surface area contributed by atoms with Crippen LogP contribution in [0.25, 0.3) is 0 Å². The molecule has 0 bridgehead atoms. The normalized spacial score (nSPS) is 12.3. The summed E-state index contributed by atoms with van der Waals surface area (Å²) in [6.45, 7) is 7.51. The Morgan fingerprint density at radius 2 is 2.05 bits per heavy atom. The summed E-state index contributed by atoms with van der Waals surface area (Å²) in [6.07, 6.45) is 2.76. The summed E-state index contributed by atoms with van der Waals surface area (Å²) in [5.41, 5.74) is 1.22. The summed E-state index contributed by atoms with van der Waals surface area (Å²) < 4.78 is 11.0. The number of rotatable bonds is 7. The van der Waals surface area contributed by atoms with E-state index < -0.39 is 0 Å². The average molecular weight is 274 g/mol. The van der Waals surface area contributed by atoms with E-state index in [1.807, 2.05) is 19.1 Å². The fraction of sp³-hybridized carbons (Fsp3) is 0.438. The van der Waals surface area contributed by atoms with E-state index in [1.165, 1.54) is 5.56 Å². The molecular formula is C16H22N2O2. The zero-order valence-corrected chi connectivity index (χ0v) is 12.3. The summed E-state index contributed by atoms with van der Waals surface area (Å²) >= 11 is 0. The molecule has 1 unspecified atom stereocenters. The fourth-order valence-corrected chi connectivity index (χ4v) is 1.91. The molecule has 0 saturated carbocycles. The number of oxazole rings is 1. The number of nitrogens with one attached hydrogen (secondary N) is 1. The van der Waals surface area contributed by atoms with E-state index in [4.69, 9.17) is 9.15 Å². The first-order valence-electron chi connectivity index (χ1n) is 7.06. The van der Waals surface area contributed by atoms with Crippen LogP contribution in [0.15, 0.2) is 34.9 Å². The van der Waals surface area contributed by atoms with Crippen molar-refractivity contribution in [2.24, 2.45) is 0 Å². The van der Waals surface area contributed by atoms with E-state index in [9.17, 15) is 0 Å². The molecule has 1 atom stereocenters. The van der Waals surface area contributed by atoms with Crippen molar-refractivity contribution in [2.75, 3.05) is 6.61 Å². The molecule has 4 nitrogen and oxygen atoms in total. The first-order chi connectivity index (χ1) is 9.69. The molecule has 108 valence electrons. The lowest BCUT2D eigenvalue weighted by Crippen LogP contribution is -2.18. The van der Waals surface area contributed by atoms with Gasteiger partial charge >= 0.3 is 0 Å². The van der Waals surface area contributed by atoms with Crippen LogP contribution >= 0.6 is 0 Å². The predicted octanol–water partition coefficient (Wildman–Crippen LogP) is 3.62. The number of hydrogen-bond acceptors (Lipinski definition) is 4. The maximum atomic E-state index is 5.58. The second kappa shape index (κ2) is 7.10. The smallest absolute Gasteiger partial charge is 0.208 e. The van der Waals surface area contributed by atoms with Crippen LogP contribution in [0.4, 0.5) is 0 Å². The minimum atomic E-state index is 0.238. The Morgan fingerprint density at radius 3 is 2.65 bits per heavy atom. The molecule has 1 aromatic carbocycles. The molecule has 4 heteroatoms. The van der Waals surface area contributed by atoms with Crippen molar-refractivity contribution >= 4 is 0 Å². The van der Waals surface area contributed by atoms with Gasteiger partial charge in [-0.3, -0.25) is 0 Å². The summed E-state index contributed by atoms with van der Waals surface area (Å²) in [5, 5.41) is 3.39. The van der Waals surface area contributed by atoms with E-state index in [-0.39, 0.29) is 6.04 Å². The lowest BCUT2D eigenvalue weighted by molar-refractivity contribution is 0.317. The zero-order chi connectivity index (χ0) is 14.4. The Hall–Kier alpha value is -1.81. The zero-order valence-electron chi connectivity index (χ0n) is 12.3. The standard InChI is InChI=1S/C16H22N2O2/c1-4-9-19-15-7-5-14(6-8-15)13(3)17-11-16-18-10-12(2)20-16/h5-8,10,13,17H,4,9,11H2,1-3H3. The van der Waals surface area contributed by atoms with Crippen LogP contribution in [0.1, 0.15) is 43.5 Å². The molecule has 1 aromatic heterocycles. The van der Waals surface area contributed by atoms with Gasteiger partial charge in [0.05, 0.1) is 19.3 Å². The molecule has 2 aromatic rings. The van der Waals surface area contributed by atoms with Crippen LogP contribution in [-0.4, -0.2) is 11.6 Å². The van der Waals surface area contributed by atoms with Gasteiger partial charge in [-0.2, -0.15) is 0 Å². The summed E-state index contributed by atoms with van der Waals surface area (Å²) in [5.74, 6) is 2.48. The molecule has 0 spiro atoms. The minimum Gasteiger partial charge on any atom is -0.494 e. The quantitative estimate of drug-likeness (QED) is 0.837. The van der Waals surface area contributed by atoms with Crippen LogP contribution in [0.5, 0.6) is 5.75 Å². The van der Waals surface area contributed by atoms with E-state index in [0.717, 1.165) is 30.4 Å². The molecule has 1 N–H and O–H groups in total. The Balaban J connectivity index is 1.86. The molecule has 0 aliphatic carbocycles. The molecule has 1 heterocycles. The van der Waals surface area contributed by atoms with Gasteiger partial charge < -0.3 is 14.5 Å². The van der Waals surface area contributed by atoms with Gasteiger partial charge in [0.2, 0.25) is 5.89 Å². The topological polar surface area (TPSA) is 47.3 Å². The molecule has 2 rings (SSSR count). The van der Waals surface area contributed by atoms with Gasteiger partial charge in [-0.1, -0.05) is 19.1 Å². The van der Waals surface area contributed by atoms with Crippen molar-refractivity contribution in [1.82, 2.24) is 10.3 Å². The largest absolute Gasteiger partial charge is 0.494 e. The van der Waals surface area contributed by atoms with Gasteiger partial charge in [0.1, 0.15) is 11.5 Å². The highest BCUT2D eigenvalue weighted by Gasteiger charge is 2.07. The van der Waals surface area contributed by atoms with Gasteiger partial charge in [-0.05, 0) is 38.0 Å². The third kappa shape index (κ3) is 4.10. The second-order valence-electron chi connectivity index (χ2n) is 4.88. The maximum absolute atomic E-state index is 5.58. The molecule has 20 heavy (non-hydrogen) atoms. The van der Waals surface area contributed by atoms with Crippen LogP contribution in [0.2, 0.25) is 0 Å². The van der Waals surface area contributed by atoms with E-state index >= 15 is 0 Å². The fourth-order valence-electron chi connectivity index (χ4n) is 1.91. The van der Waals surface area contributed by atoms with E-state index in [2.05, 4.69) is 36.3 Å². The predicted molar refractivity (Wildman–Crippen MR) is 78.7 cm³/mol. The molecule has 0 fully saturated rings.